The lowest BCUT2D eigenvalue weighted by molar-refractivity contribution is 0.103. The van der Waals surface area contributed by atoms with Crippen molar-refractivity contribution in [2.24, 2.45) is 5.92 Å². The highest BCUT2D eigenvalue weighted by Crippen LogP contribution is 2.23. The summed E-state index contributed by atoms with van der Waals surface area (Å²) in [5, 5.41) is 4.95. The molecule has 0 saturated heterocycles. The van der Waals surface area contributed by atoms with Crippen LogP contribution in [0.5, 0.6) is 0 Å². The van der Waals surface area contributed by atoms with Crippen LogP contribution in [-0.2, 0) is 6.42 Å². The summed E-state index contributed by atoms with van der Waals surface area (Å²) < 4.78 is 0. The number of nitrogens with zero attached hydrogens (tertiary/aromatic N) is 2. The highest BCUT2D eigenvalue weighted by Gasteiger charge is 2.16. The van der Waals surface area contributed by atoms with Crippen molar-refractivity contribution in [3.63, 3.8) is 0 Å². The molecule has 0 bridgehead atoms. The Hall–Kier alpha value is -2.27. The Bertz CT molecular complexity index is 854. The zero-order valence-corrected chi connectivity index (χ0v) is 14.3. The molecule has 1 aromatic carbocycles. The van der Waals surface area contributed by atoms with Gasteiger partial charge in [-0.15, -0.1) is 11.3 Å². The summed E-state index contributed by atoms with van der Waals surface area (Å²) in [6.07, 6.45) is 2.59. The van der Waals surface area contributed by atoms with Gasteiger partial charge in [-0.3, -0.25) is 9.78 Å². The van der Waals surface area contributed by atoms with Gasteiger partial charge in [0.05, 0.1) is 28.1 Å². The monoisotopic (exact) mass is 325 g/mol. The standard InChI is InChI=1S/C18H19N3OS/c1-11(2)8-16-20-12(3)17(23-16)18(22)21-14-9-13-6-4-5-7-15(13)19-10-14/h4-7,9-11H,8H2,1-3H3,(H,21,22). The Morgan fingerprint density at radius 2 is 2.09 bits per heavy atom. The van der Waals surface area contributed by atoms with Gasteiger partial charge in [-0.05, 0) is 25.0 Å². The van der Waals surface area contributed by atoms with E-state index < -0.39 is 0 Å². The van der Waals surface area contributed by atoms with Crippen molar-refractivity contribution in [3.8, 4) is 0 Å². The van der Waals surface area contributed by atoms with E-state index in [1.54, 1.807) is 6.20 Å². The maximum atomic E-state index is 12.5. The van der Waals surface area contributed by atoms with Gasteiger partial charge in [-0.2, -0.15) is 0 Å². The van der Waals surface area contributed by atoms with E-state index in [4.69, 9.17) is 0 Å². The summed E-state index contributed by atoms with van der Waals surface area (Å²) in [6, 6.07) is 9.78. The third kappa shape index (κ3) is 3.56. The zero-order chi connectivity index (χ0) is 16.4. The molecule has 0 saturated carbocycles. The number of aromatic nitrogens is 2. The number of nitrogens with one attached hydrogen (secondary N) is 1. The Balaban J connectivity index is 1.81. The molecule has 3 rings (SSSR count). The molecule has 1 N–H and O–H groups in total. The van der Waals surface area contributed by atoms with Crippen LogP contribution in [0.4, 0.5) is 5.69 Å². The number of amides is 1. The van der Waals surface area contributed by atoms with Crippen LogP contribution >= 0.6 is 11.3 Å². The van der Waals surface area contributed by atoms with Gasteiger partial charge in [0, 0.05) is 11.8 Å². The Kier molecular flexibility index (Phi) is 4.39. The van der Waals surface area contributed by atoms with E-state index in [0.29, 0.717) is 16.5 Å². The van der Waals surface area contributed by atoms with Crippen LogP contribution < -0.4 is 5.32 Å². The summed E-state index contributed by atoms with van der Waals surface area (Å²) >= 11 is 1.48. The highest BCUT2D eigenvalue weighted by atomic mass is 32.1. The second kappa shape index (κ2) is 6.46. The van der Waals surface area contributed by atoms with Crippen LogP contribution in [0, 0.1) is 12.8 Å². The first-order valence-corrected chi connectivity index (χ1v) is 8.47. The molecule has 1 amide bonds. The largest absolute Gasteiger partial charge is 0.320 e. The van der Waals surface area contributed by atoms with Crippen molar-refractivity contribution in [2.75, 3.05) is 5.32 Å². The Labute approximate surface area is 139 Å². The van der Waals surface area contributed by atoms with Gasteiger partial charge in [0.1, 0.15) is 4.88 Å². The first kappa shape index (κ1) is 15.6. The maximum Gasteiger partial charge on any atom is 0.267 e. The Morgan fingerprint density at radius 1 is 1.30 bits per heavy atom. The van der Waals surface area contributed by atoms with E-state index in [1.165, 1.54) is 11.3 Å². The van der Waals surface area contributed by atoms with Crippen LogP contribution in [0.25, 0.3) is 10.9 Å². The van der Waals surface area contributed by atoms with Gasteiger partial charge in [-0.1, -0.05) is 32.0 Å². The third-order valence-corrected chi connectivity index (χ3v) is 4.66. The number of hydrogen-bond donors (Lipinski definition) is 1. The average Bonchev–Trinajstić information content (AvgIpc) is 2.87. The number of carbonyl (C=O) groups is 1. The first-order chi connectivity index (χ1) is 11.0. The fourth-order valence-corrected chi connectivity index (χ4v) is 3.60. The molecule has 4 nitrogen and oxygen atoms in total. The van der Waals surface area contributed by atoms with Crippen LogP contribution in [0.1, 0.15) is 34.2 Å². The lowest BCUT2D eigenvalue weighted by Gasteiger charge is -2.05. The molecule has 0 atom stereocenters. The van der Waals surface area contributed by atoms with Gasteiger partial charge in [0.2, 0.25) is 0 Å². The molecule has 2 aromatic heterocycles. The minimum Gasteiger partial charge on any atom is -0.320 e. The van der Waals surface area contributed by atoms with E-state index in [9.17, 15) is 4.79 Å². The molecule has 0 aliphatic heterocycles. The minimum absolute atomic E-state index is 0.118. The second-order valence-corrected chi connectivity index (χ2v) is 7.07. The van der Waals surface area contributed by atoms with Crippen molar-refractivity contribution in [3.05, 3.63) is 52.1 Å². The predicted octanol–water partition coefficient (Wildman–Crippen LogP) is 4.45. The summed E-state index contributed by atoms with van der Waals surface area (Å²) in [4.78, 5) is 22.0. The number of anilines is 1. The van der Waals surface area contributed by atoms with E-state index in [-0.39, 0.29) is 5.91 Å². The molecular weight excluding hydrogens is 306 g/mol. The lowest BCUT2D eigenvalue weighted by Crippen LogP contribution is -2.11. The van der Waals surface area contributed by atoms with Crippen LogP contribution in [0.3, 0.4) is 0 Å². The molecule has 0 aliphatic rings. The van der Waals surface area contributed by atoms with E-state index in [0.717, 1.165) is 28.0 Å². The molecule has 0 spiro atoms. The molecule has 23 heavy (non-hydrogen) atoms. The normalized spacial score (nSPS) is 11.1. The van der Waals surface area contributed by atoms with Crippen molar-refractivity contribution >= 4 is 33.8 Å². The number of fused-ring (bicyclic) bond motifs is 1. The number of carbonyl (C=O) groups excluding carboxylic acids is 1. The van der Waals surface area contributed by atoms with Crippen LogP contribution in [0.15, 0.2) is 36.5 Å². The van der Waals surface area contributed by atoms with Crippen LogP contribution in [0.2, 0.25) is 0 Å². The van der Waals surface area contributed by atoms with Gasteiger partial charge >= 0.3 is 0 Å². The number of benzene rings is 1. The summed E-state index contributed by atoms with van der Waals surface area (Å²) in [5.74, 6) is 0.410. The van der Waals surface area contributed by atoms with Crippen LogP contribution in [-0.4, -0.2) is 15.9 Å². The quantitative estimate of drug-likeness (QED) is 0.771. The molecule has 118 valence electrons. The number of pyridine rings is 1. The topological polar surface area (TPSA) is 54.9 Å². The number of thiazole rings is 1. The number of aryl methyl sites for hydroxylation is 1. The maximum absolute atomic E-state index is 12.5. The SMILES string of the molecule is Cc1nc(CC(C)C)sc1C(=O)Nc1cnc2ccccc2c1. The summed E-state index contributed by atoms with van der Waals surface area (Å²) in [5.41, 5.74) is 2.41. The molecule has 0 unspecified atom stereocenters. The molecule has 0 fully saturated rings. The summed E-state index contributed by atoms with van der Waals surface area (Å²) in [6.45, 7) is 6.18. The van der Waals surface area contributed by atoms with E-state index in [1.807, 2.05) is 37.3 Å². The second-order valence-electron chi connectivity index (χ2n) is 5.99. The van der Waals surface area contributed by atoms with Crippen molar-refractivity contribution in [2.45, 2.75) is 27.2 Å². The van der Waals surface area contributed by atoms with Gasteiger partial charge in [-0.25, -0.2) is 4.98 Å². The molecule has 5 heteroatoms. The average molecular weight is 325 g/mol. The zero-order valence-electron chi connectivity index (χ0n) is 13.5. The highest BCUT2D eigenvalue weighted by molar-refractivity contribution is 7.13. The minimum atomic E-state index is -0.118. The lowest BCUT2D eigenvalue weighted by atomic mass is 10.1. The molecular formula is C18H19N3OS. The fourth-order valence-electron chi connectivity index (χ4n) is 2.43. The molecule has 2 heterocycles. The van der Waals surface area contributed by atoms with Gasteiger partial charge in [0.15, 0.2) is 0 Å². The summed E-state index contributed by atoms with van der Waals surface area (Å²) in [7, 11) is 0. The number of hydrogen-bond acceptors (Lipinski definition) is 4. The number of rotatable bonds is 4. The van der Waals surface area contributed by atoms with Crippen molar-refractivity contribution in [1.82, 2.24) is 9.97 Å². The van der Waals surface area contributed by atoms with Gasteiger partial charge in [0.25, 0.3) is 5.91 Å². The molecule has 0 aliphatic carbocycles. The molecule has 0 radical (unpaired) electrons. The smallest absolute Gasteiger partial charge is 0.267 e. The molecule has 3 aromatic rings. The first-order valence-electron chi connectivity index (χ1n) is 7.65. The van der Waals surface area contributed by atoms with E-state index >= 15 is 0 Å². The third-order valence-electron chi connectivity index (χ3n) is 3.48. The Morgan fingerprint density at radius 3 is 2.87 bits per heavy atom. The fraction of sp³-hybridized carbons (Fsp3) is 0.278. The van der Waals surface area contributed by atoms with E-state index in [2.05, 4.69) is 29.1 Å². The predicted molar refractivity (Wildman–Crippen MR) is 95.1 cm³/mol. The van der Waals surface area contributed by atoms with Crippen molar-refractivity contribution in [1.29, 1.82) is 0 Å². The van der Waals surface area contributed by atoms with Crippen molar-refractivity contribution < 1.29 is 4.79 Å². The van der Waals surface area contributed by atoms with Gasteiger partial charge < -0.3 is 5.32 Å². The number of para-hydroxylation sites is 1.